The molecule has 0 aliphatic carbocycles. The summed E-state index contributed by atoms with van der Waals surface area (Å²) in [4.78, 5) is 35.6. The van der Waals surface area contributed by atoms with Crippen molar-refractivity contribution < 1.29 is 19.1 Å². The van der Waals surface area contributed by atoms with Crippen molar-refractivity contribution in [2.75, 3.05) is 18.2 Å². The number of anilines is 3. The minimum atomic E-state index is -0.580. The Morgan fingerprint density at radius 3 is 2.47 bits per heavy atom. The Labute approximate surface area is 172 Å². The first-order valence-electron chi connectivity index (χ1n) is 8.89. The van der Waals surface area contributed by atoms with Crippen LogP contribution in [0.2, 0.25) is 0 Å². The molecule has 1 aromatic heterocycles. The van der Waals surface area contributed by atoms with E-state index in [1.165, 1.54) is 13.2 Å². The van der Waals surface area contributed by atoms with Gasteiger partial charge in [0.15, 0.2) is 12.4 Å². The number of para-hydroxylation sites is 1. The number of carbonyl (C=O) groups excluding carboxylic acids is 2. The number of aromatic nitrogens is 3. The third kappa shape index (κ3) is 5.86. The van der Waals surface area contributed by atoms with Crippen molar-refractivity contribution >= 4 is 35.6 Å². The van der Waals surface area contributed by atoms with E-state index in [0.717, 1.165) is 11.3 Å². The van der Waals surface area contributed by atoms with Crippen LogP contribution in [0.25, 0.3) is 6.08 Å². The number of hydrogen-bond acceptors (Lipinski definition) is 9. The van der Waals surface area contributed by atoms with Crippen LogP contribution in [0.1, 0.15) is 21.7 Å². The number of carbonyl (C=O) groups is 2. The van der Waals surface area contributed by atoms with Crippen LogP contribution < -0.4 is 11.1 Å². The molecule has 0 unspecified atom stereocenters. The van der Waals surface area contributed by atoms with Gasteiger partial charge in [-0.15, -0.1) is 0 Å². The quantitative estimate of drug-likeness (QED) is 0.450. The molecule has 3 aromatic rings. The third-order valence-corrected chi connectivity index (χ3v) is 3.82. The predicted molar refractivity (Wildman–Crippen MR) is 111 cm³/mol. The van der Waals surface area contributed by atoms with Gasteiger partial charge in [0.05, 0.1) is 12.7 Å². The normalized spacial score (nSPS) is 10.6. The summed E-state index contributed by atoms with van der Waals surface area (Å²) in [6, 6.07) is 15.9. The number of methoxy groups -OCH3 is 1. The summed E-state index contributed by atoms with van der Waals surface area (Å²) in [6.45, 7) is -0.166. The molecule has 0 spiro atoms. The van der Waals surface area contributed by atoms with Gasteiger partial charge < -0.3 is 20.5 Å². The van der Waals surface area contributed by atoms with Crippen LogP contribution in [-0.4, -0.2) is 34.0 Å². The fourth-order valence-electron chi connectivity index (χ4n) is 2.41. The zero-order valence-electron chi connectivity index (χ0n) is 16.1. The Morgan fingerprint density at radius 2 is 1.77 bits per heavy atom. The summed E-state index contributed by atoms with van der Waals surface area (Å²) >= 11 is 0. The van der Waals surface area contributed by atoms with Gasteiger partial charge in [-0.25, -0.2) is 9.59 Å². The Morgan fingerprint density at radius 1 is 1.03 bits per heavy atom. The van der Waals surface area contributed by atoms with Gasteiger partial charge in [0, 0.05) is 11.8 Å². The lowest BCUT2D eigenvalue weighted by Gasteiger charge is -2.07. The van der Waals surface area contributed by atoms with Crippen molar-refractivity contribution in [3.8, 4) is 0 Å². The van der Waals surface area contributed by atoms with E-state index >= 15 is 0 Å². The van der Waals surface area contributed by atoms with E-state index in [1.807, 2.05) is 30.3 Å². The van der Waals surface area contributed by atoms with Crippen LogP contribution in [0.4, 0.5) is 17.6 Å². The second kappa shape index (κ2) is 9.78. The highest BCUT2D eigenvalue weighted by atomic mass is 16.5. The van der Waals surface area contributed by atoms with Crippen LogP contribution in [0.15, 0.2) is 60.7 Å². The predicted octanol–water partition coefficient (Wildman–Crippen LogP) is 2.74. The number of nitrogens with one attached hydrogen (secondary N) is 1. The molecule has 0 amide bonds. The van der Waals surface area contributed by atoms with Crippen molar-refractivity contribution in [3.05, 3.63) is 77.6 Å². The molecule has 0 atom stereocenters. The van der Waals surface area contributed by atoms with E-state index in [4.69, 9.17) is 10.5 Å². The highest BCUT2D eigenvalue weighted by molar-refractivity contribution is 5.90. The van der Waals surface area contributed by atoms with Crippen molar-refractivity contribution in [1.82, 2.24) is 15.0 Å². The highest BCUT2D eigenvalue weighted by Gasteiger charge is 2.08. The van der Waals surface area contributed by atoms with E-state index in [2.05, 4.69) is 25.0 Å². The highest BCUT2D eigenvalue weighted by Crippen LogP contribution is 2.13. The van der Waals surface area contributed by atoms with Crippen molar-refractivity contribution in [3.63, 3.8) is 0 Å². The number of esters is 2. The number of nitrogen functional groups attached to an aromatic ring is 1. The number of nitrogens with zero attached hydrogens (tertiary/aromatic N) is 3. The zero-order valence-corrected chi connectivity index (χ0v) is 16.1. The van der Waals surface area contributed by atoms with E-state index < -0.39 is 11.9 Å². The Bertz CT molecular complexity index is 1050. The first kappa shape index (κ1) is 20.5. The van der Waals surface area contributed by atoms with E-state index in [1.54, 1.807) is 30.3 Å². The van der Waals surface area contributed by atoms with E-state index in [-0.39, 0.29) is 24.3 Å². The van der Waals surface area contributed by atoms with Gasteiger partial charge in [0.1, 0.15) is 0 Å². The number of benzene rings is 2. The molecule has 0 bridgehead atoms. The molecule has 3 rings (SSSR count). The van der Waals surface area contributed by atoms with Gasteiger partial charge in [-0.05, 0) is 35.9 Å². The smallest absolute Gasteiger partial charge is 0.337 e. The Hall–Kier alpha value is -4.27. The maximum Gasteiger partial charge on any atom is 0.337 e. The maximum atomic E-state index is 12.0. The van der Waals surface area contributed by atoms with Crippen molar-refractivity contribution in [1.29, 1.82) is 0 Å². The third-order valence-electron chi connectivity index (χ3n) is 3.82. The standard InChI is InChI=1S/C21H19N5O4/c1-29-19(28)15-10-7-14(8-11-15)9-12-18(27)30-13-17-24-20(22)26-21(25-17)23-16-5-3-2-4-6-16/h2-12H,13H2,1H3,(H3,22,23,24,25,26)/b12-9+. The van der Waals surface area contributed by atoms with Gasteiger partial charge >= 0.3 is 11.9 Å². The van der Waals surface area contributed by atoms with Gasteiger partial charge in [0.25, 0.3) is 0 Å². The van der Waals surface area contributed by atoms with Crippen LogP contribution in [-0.2, 0) is 20.9 Å². The second-order valence-corrected chi connectivity index (χ2v) is 5.98. The molecule has 9 nitrogen and oxygen atoms in total. The van der Waals surface area contributed by atoms with Gasteiger partial charge in [-0.3, -0.25) is 0 Å². The monoisotopic (exact) mass is 405 g/mol. The zero-order chi connectivity index (χ0) is 21.3. The molecule has 1 heterocycles. The minimum absolute atomic E-state index is 0.00992. The fraction of sp³-hybridized carbons (Fsp3) is 0.0952. The summed E-state index contributed by atoms with van der Waals surface area (Å²) in [5, 5.41) is 3.01. The minimum Gasteiger partial charge on any atom is -0.465 e. The molecule has 0 aliphatic rings. The molecule has 0 aliphatic heterocycles. The Balaban J connectivity index is 1.57. The lowest BCUT2D eigenvalue weighted by atomic mass is 10.1. The average Bonchev–Trinajstić information content (AvgIpc) is 2.76. The summed E-state index contributed by atoms with van der Waals surface area (Å²) < 4.78 is 9.79. The molecule has 3 N–H and O–H groups in total. The average molecular weight is 405 g/mol. The number of ether oxygens (including phenoxy) is 2. The van der Waals surface area contributed by atoms with Crippen LogP contribution >= 0.6 is 0 Å². The number of hydrogen-bond donors (Lipinski definition) is 2. The van der Waals surface area contributed by atoms with Gasteiger partial charge in [-0.2, -0.15) is 15.0 Å². The summed E-state index contributed by atoms with van der Waals surface area (Å²) in [5.41, 5.74) is 7.63. The SMILES string of the molecule is COC(=O)c1ccc(/C=C/C(=O)OCc2nc(N)nc(Nc3ccccc3)n2)cc1. The first-order chi connectivity index (χ1) is 14.5. The fourth-order valence-corrected chi connectivity index (χ4v) is 2.41. The van der Waals surface area contributed by atoms with E-state index in [0.29, 0.717) is 5.56 Å². The number of nitrogens with two attached hydrogens (primary N) is 1. The van der Waals surface area contributed by atoms with Crippen molar-refractivity contribution in [2.24, 2.45) is 0 Å². The molecular weight excluding hydrogens is 386 g/mol. The number of rotatable bonds is 7. The first-order valence-corrected chi connectivity index (χ1v) is 8.89. The lowest BCUT2D eigenvalue weighted by Crippen LogP contribution is -2.10. The molecular formula is C21H19N5O4. The lowest BCUT2D eigenvalue weighted by molar-refractivity contribution is -0.139. The second-order valence-electron chi connectivity index (χ2n) is 5.98. The molecule has 0 saturated carbocycles. The van der Waals surface area contributed by atoms with Crippen LogP contribution in [0.3, 0.4) is 0 Å². The molecule has 2 aromatic carbocycles. The molecule has 30 heavy (non-hydrogen) atoms. The van der Waals surface area contributed by atoms with Gasteiger partial charge in [0.2, 0.25) is 11.9 Å². The molecule has 0 radical (unpaired) electrons. The Kier molecular flexibility index (Phi) is 6.67. The molecule has 0 fully saturated rings. The topological polar surface area (TPSA) is 129 Å². The summed E-state index contributed by atoms with van der Waals surface area (Å²) in [6.07, 6.45) is 2.83. The van der Waals surface area contributed by atoms with Gasteiger partial charge in [-0.1, -0.05) is 30.3 Å². The molecule has 152 valence electrons. The van der Waals surface area contributed by atoms with Crippen LogP contribution in [0.5, 0.6) is 0 Å². The molecule has 9 heteroatoms. The van der Waals surface area contributed by atoms with Crippen molar-refractivity contribution in [2.45, 2.75) is 6.61 Å². The summed E-state index contributed by atoms with van der Waals surface area (Å²) in [7, 11) is 1.31. The van der Waals surface area contributed by atoms with Crippen LogP contribution in [0, 0.1) is 0 Å². The largest absolute Gasteiger partial charge is 0.465 e. The molecule has 0 saturated heterocycles. The maximum absolute atomic E-state index is 12.0. The summed E-state index contributed by atoms with van der Waals surface area (Å²) in [5.74, 6) is -0.534. The van der Waals surface area contributed by atoms with E-state index in [9.17, 15) is 9.59 Å².